The number of carbonyl (C=O) groups is 2. The zero-order chi connectivity index (χ0) is 21.5. The molecule has 0 aliphatic carbocycles. The van der Waals surface area contributed by atoms with E-state index in [0.717, 1.165) is 5.56 Å². The minimum absolute atomic E-state index is 0.0731. The smallest absolute Gasteiger partial charge is 0.315 e. The van der Waals surface area contributed by atoms with Crippen LogP contribution in [-0.4, -0.2) is 31.9 Å². The summed E-state index contributed by atoms with van der Waals surface area (Å²) >= 11 is 0. The van der Waals surface area contributed by atoms with Crippen LogP contribution in [0.15, 0.2) is 47.2 Å². The first-order valence-electron chi connectivity index (χ1n) is 9.61. The van der Waals surface area contributed by atoms with Gasteiger partial charge in [-0.05, 0) is 36.6 Å². The SMILES string of the molecule is Cc1noc(C(NC(=O)NCc2cccc(NC(=O)Cn3cccn3)c2)C(C)C)n1. The molecule has 3 aromatic rings. The topological polar surface area (TPSA) is 127 Å². The van der Waals surface area contributed by atoms with Gasteiger partial charge in [-0.2, -0.15) is 10.1 Å². The lowest BCUT2D eigenvalue weighted by Crippen LogP contribution is -2.39. The van der Waals surface area contributed by atoms with Crippen LogP contribution < -0.4 is 16.0 Å². The largest absolute Gasteiger partial charge is 0.337 e. The Labute approximate surface area is 174 Å². The summed E-state index contributed by atoms with van der Waals surface area (Å²) in [6.45, 7) is 6.07. The Bertz CT molecular complexity index is 982. The van der Waals surface area contributed by atoms with E-state index < -0.39 is 0 Å². The Morgan fingerprint density at radius 1 is 1.23 bits per heavy atom. The third-order valence-electron chi connectivity index (χ3n) is 4.29. The van der Waals surface area contributed by atoms with Gasteiger partial charge in [0.25, 0.3) is 0 Å². The fourth-order valence-electron chi connectivity index (χ4n) is 2.83. The number of aryl methyl sites for hydroxylation is 1. The van der Waals surface area contributed by atoms with Crippen LogP contribution in [0.25, 0.3) is 0 Å². The molecule has 2 heterocycles. The Morgan fingerprint density at radius 2 is 2.07 bits per heavy atom. The summed E-state index contributed by atoms with van der Waals surface area (Å²) in [4.78, 5) is 28.7. The van der Waals surface area contributed by atoms with Crippen molar-refractivity contribution in [3.63, 3.8) is 0 Å². The maximum absolute atomic E-state index is 12.4. The van der Waals surface area contributed by atoms with E-state index in [1.165, 1.54) is 0 Å². The highest BCUT2D eigenvalue weighted by Gasteiger charge is 2.23. The van der Waals surface area contributed by atoms with E-state index in [9.17, 15) is 9.59 Å². The lowest BCUT2D eigenvalue weighted by molar-refractivity contribution is -0.116. The van der Waals surface area contributed by atoms with E-state index in [0.29, 0.717) is 23.9 Å². The minimum Gasteiger partial charge on any atom is -0.337 e. The first-order chi connectivity index (χ1) is 14.4. The van der Waals surface area contributed by atoms with Crippen LogP contribution in [0.2, 0.25) is 0 Å². The lowest BCUT2D eigenvalue weighted by atomic mass is 10.0. The molecule has 0 saturated carbocycles. The van der Waals surface area contributed by atoms with Gasteiger partial charge in [-0.15, -0.1) is 0 Å². The van der Waals surface area contributed by atoms with Crippen LogP contribution in [0, 0.1) is 12.8 Å². The molecule has 0 bridgehead atoms. The summed E-state index contributed by atoms with van der Waals surface area (Å²) in [5, 5.41) is 16.3. The number of nitrogens with one attached hydrogen (secondary N) is 3. The fraction of sp³-hybridized carbons (Fsp3) is 0.350. The molecule has 1 aromatic carbocycles. The summed E-state index contributed by atoms with van der Waals surface area (Å²) in [6, 6.07) is 8.30. The average Bonchev–Trinajstić information content (AvgIpc) is 3.36. The number of nitrogens with zero attached hydrogens (tertiary/aromatic N) is 4. The molecule has 2 aromatic heterocycles. The van der Waals surface area contributed by atoms with Crippen LogP contribution in [0.3, 0.4) is 0 Å². The van der Waals surface area contributed by atoms with Crippen LogP contribution in [0.4, 0.5) is 10.5 Å². The molecule has 10 nitrogen and oxygen atoms in total. The molecular weight excluding hydrogens is 386 g/mol. The van der Waals surface area contributed by atoms with Gasteiger partial charge in [0.1, 0.15) is 12.6 Å². The number of hydrogen-bond acceptors (Lipinski definition) is 6. The van der Waals surface area contributed by atoms with Crippen molar-refractivity contribution in [3.8, 4) is 0 Å². The van der Waals surface area contributed by atoms with Crippen LogP contribution in [0.5, 0.6) is 0 Å². The van der Waals surface area contributed by atoms with Crippen molar-refractivity contribution in [1.82, 2.24) is 30.6 Å². The zero-order valence-electron chi connectivity index (χ0n) is 17.1. The van der Waals surface area contributed by atoms with Gasteiger partial charge < -0.3 is 20.5 Å². The lowest BCUT2D eigenvalue weighted by Gasteiger charge is -2.19. The van der Waals surface area contributed by atoms with Crippen LogP contribution in [-0.2, 0) is 17.9 Å². The first kappa shape index (κ1) is 21.0. The molecule has 0 fully saturated rings. The van der Waals surface area contributed by atoms with Gasteiger partial charge in [0.15, 0.2) is 5.82 Å². The van der Waals surface area contributed by atoms with Gasteiger partial charge in [0, 0.05) is 24.6 Å². The van der Waals surface area contributed by atoms with Crippen molar-refractivity contribution in [2.24, 2.45) is 5.92 Å². The van der Waals surface area contributed by atoms with Gasteiger partial charge in [-0.3, -0.25) is 9.48 Å². The molecule has 10 heteroatoms. The molecule has 3 amide bonds. The van der Waals surface area contributed by atoms with E-state index in [-0.39, 0.29) is 30.4 Å². The molecule has 3 N–H and O–H groups in total. The number of benzene rings is 1. The maximum atomic E-state index is 12.4. The molecule has 158 valence electrons. The standard InChI is InChI=1S/C20H25N7O3/c1-13(2)18(19-23-14(3)26-30-19)25-20(29)21-11-15-6-4-7-16(10-15)24-17(28)12-27-9-5-8-22-27/h4-10,13,18H,11-12H2,1-3H3,(H,24,28)(H2,21,25,29). The second kappa shape index (κ2) is 9.68. The second-order valence-electron chi connectivity index (χ2n) is 7.18. The molecule has 0 saturated heterocycles. The highest BCUT2D eigenvalue weighted by atomic mass is 16.5. The Balaban J connectivity index is 1.53. The molecule has 30 heavy (non-hydrogen) atoms. The summed E-state index contributed by atoms with van der Waals surface area (Å²) in [7, 11) is 0. The van der Waals surface area contributed by atoms with Gasteiger partial charge in [-0.25, -0.2) is 4.79 Å². The number of aromatic nitrogens is 4. The van der Waals surface area contributed by atoms with Crippen LogP contribution in [0.1, 0.15) is 37.2 Å². The molecule has 0 radical (unpaired) electrons. The average molecular weight is 411 g/mol. The van der Waals surface area contributed by atoms with Crippen molar-refractivity contribution in [1.29, 1.82) is 0 Å². The van der Waals surface area contributed by atoms with E-state index in [1.807, 2.05) is 32.0 Å². The fourth-order valence-corrected chi connectivity index (χ4v) is 2.83. The summed E-state index contributed by atoms with van der Waals surface area (Å²) in [5.74, 6) is 0.781. The highest BCUT2D eigenvalue weighted by Crippen LogP contribution is 2.19. The number of amides is 3. The summed E-state index contributed by atoms with van der Waals surface area (Å²) in [6.07, 6.45) is 3.34. The number of hydrogen-bond donors (Lipinski definition) is 3. The van der Waals surface area contributed by atoms with Crippen molar-refractivity contribution >= 4 is 17.6 Å². The Hall–Kier alpha value is -3.69. The highest BCUT2D eigenvalue weighted by molar-refractivity contribution is 5.90. The third-order valence-corrected chi connectivity index (χ3v) is 4.29. The first-order valence-corrected chi connectivity index (χ1v) is 9.61. The summed E-state index contributed by atoms with van der Waals surface area (Å²) in [5.41, 5.74) is 1.49. The van der Waals surface area contributed by atoms with Gasteiger partial charge in [0.05, 0.1) is 0 Å². The van der Waals surface area contributed by atoms with Crippen molar-refractivity contribution in [2.45, 2.75) is 39.9 Å². The molecule has 3 rings (SSSR count). The number of anilines is 1. The van der Waals surface area contributed by atoms with Crippen molar-refractivity contribution in [3.05, 3.63) is 60.0 Å². The van der Waals surface area contributed by atoms with Crippen molar-refractivity contribution in [2.75, 3.05) is 5.32 Å². The maximum Gasteiger partial charge on any atom is 0.315 e. The predicted molar refractivity (Wildman–Crippen MR) is 109 cm³/mol. The van der Waals surface area contributed by atoms with Crippen molar-refractivity contribution < 1.29 is 14.1 Å². The van der Waals surface area contributed by atoms with E-state index in [4.69, 9.17) is 4.52 Å². The molecule has 1 unspecified atom stereocenters. The second-order valence-corrected chi connectivity index (χ2v) is 7.18. The van der Waals surface area contributed by atoms with Gasteiger partial charge in [-0.1, -0.05) is 31.1 Å². The Kier molecular flexibility index (Phi) is 6.79. The number of rotatable bonds is 8. The summed E-state index contributed by atoms with van der Waals surface area (Å²) < 4.78 is 6.73. The van der Waals surface area contributed by atoms with E-state index in [2.05, 4.69) is 31.2 Å². The molecule has 0 spiro atoms. The number of carbonyl (C=O) groups excluding carboxylic acids is 2. The Morgan fingerprint density at radius 3 is 2.73 bits per heavy atom. The van der Waals surface area contributed by atoms with Crippen LogP contribution >= 0.6 is 0 Å². The molecular formula is C20H25N7O3. The van der Waals surface area contributed by atoms with E-state index >= 15 is 0 Å². The monoisotopic (exact) mass is 411 g/mol. The minimum atomic E-state index is -0.390. The molecule has 1 atom stereocenters. The number of urea groups is 1. The normalized spacial score (nSPS) is 11.9. The molecule has 0 aliphatic rings. The quantitative estimate of drug-likeness (QED) is 0.522. The predicted octanol–water partition coefficient (Wildman–Crippen LogP) is 2.41. The van der Waals surface area contributed by atoms with Gasteiger partial charge in [0.2, 0.25) is 11.8 Å². The van der Waals surface area contributed by atoms with E-state index in [1.54, 1.807) is 36.1 Å². The van der Waals surface area contributed by atoms with Gasteiger partial charge >= 0.3 is 6.03 Å². The third kappa shape index (κ3) is 5.90. The zero-order valence-corrected chi connectivity index (χ0v) is 17.1. The molecule has 0 aliphatic heterocycles.